The van der Waals surface area contributed by atoms with Crippen LogP contribution in [0.5, 0.6) is 0 Å². The number of carbonyl (C=O) groups is 2. The molecule has 2 heterocycles. The predicted molar refractivity (Wildman–Crippen MR) is 113 cm³/mol. The molecular weight excluding hydrogens is 416 g/mol. The van der Waals surface area contributed by atoms with E-state index in [0.717, 1.165) is 6.07 Å². The topological polar surface area (TPSA) is 74.9 Å². The number of aromatic carboxylic acids is 1. The van der Waals surface area contributed by atoms with Crippen LogP contribution in [-0.2, 0) is 6.54 Å². The molecule has 6 nitrogen and oxygen atoms in total. The molecule has 0 bridgehead atoms. The maximum Gasteiger partial charge on any atom is 0.335 e. The number of benzene rings is 2. The fraction of sp³-hybridized carbons (Fsp3) is 0.125. The number of carbonyl (C=O) groups excluding carboxylic acids is 1. The van der Waals surface area contributed by atoms with Crippen molar-refractivity contribution in [1.82, 2.24) is 14.5 Å². The number of nitrogens with zero attached hydrogens (tertiary/aromatic N) is 3. The molecule has 1 N–H and O–H groups in total. The predicted octanol–water partition coefficient (Wildman–Crippen LogP) is 4.71. The molecule has 32 heavy (non-hydrogen) atoms. The van der Waals surface area contributed by atoms with Gasteiger partial charge in [-0.1, -0.05) is 30.3 Å². The maximum absolute atomic E-state index is 14.5. The highest BCUT2D eigenvalue weighted by Gasteiger charge is 2.28. The summed E-state index contributed by atoms with van der Waals surface area (Å²) in [6.45, 7) is 1.57. The standard InChI is InChI=1S/C24H19F2N3O3/c1-15(19-9-5-10-20(25)22(19)26)28(14-16-6-4-7-17(12-16)24(31)32)23(30)21-13-18-8-2-3-11-29(18)27-21/h2-13,15H,14H2,1H3,(H,31,32). The number of fused-ring (bicyclic) bond motifs is 1. The number of hydrogen-bond donors (Lipinski definition) is 1. The number of carboxylic acid groups (broad SMARTS) is 1. The second-order valence-electron chi connectivity index (χ2n) is 7.36. The zero-order valence-electron chi connectivity index (χ0n) is 17.1. The van der Waals surface area contributed by atoms with Gasteiger partial charge in [0.05, 0.1) is 17.1 Å². The summed E-state index contributed by atoms with van der Waals surface area (Å²) in [6, 6.07) is 16.1. The zero-order chi connectivity index (χ0) is 22.8. The monoisotopic (exact) mass is 435 g/mol. The van der Waals surface area contributed by atoms with E-state index in [1.165, 1.54) is 29.2 Å². The third-order valence-electron chi connectivity index (χ3n) is 5.28. The Hall–Kier alpha value is -4.07. The molecule has 1 unspecified atom stereocenters. The first kappa shape index (κ1) is 21.2. The first-order chi connectivity index (χ1) is 15.3. The second-order valence-corrected chi connectivity index (χ2v) is 7.36. The van der Waals surface area contributed by atoms with E-state index >= 15 is 0 Å². The van der Waals surface area contributed by atoms with Gasteiger partial charge >= 0.3 is 5.97 Å². The Morgan fingerprint density at radius 2 is 1.84 bits per heavy atom. The van der Waals surface area contributed by atoms with E-state index in [4.69, 9.17) is 0 Å². The number of pyridine rings is 1. The number of amides is 1. The average molecular weight is 435 g/mol. The Kier molecular flexibility index (Phi) is 5.68. The van der Waals surface area contributed by atoms with Crippen LogP contribution in [0.15, 0.2) is 72.9 Å². The highest BCUT2D eigenvalue weighted by molar-refractivity contribution is 5.94. The summed E-state index contributed by atoms with van der Waals surface area (Å²) in [5.41, 5.74) is 1.44. The summed E-state index contributed by atoms with van der Waals surface area (Å²) in [7, 11) is 0. The van der Waals surface area contributed by atoms with Gasteiger partial charge in [-0.3, -0.25) is 4.79 Å². The molecular formula is C24H19F2N3O3. The van der Waals surface area contributed by atoms with E-state index in [0.29, 0.717) is 11.1 Å². The SMILES string of the molecule is CC(c1cccc(F)c1F)N(Cc1cccc(C(=O)O)c1)C(=O)c1cc2ccccn2n1. The molecule has 0 saturated carbocycles. The molecule has 2 aromatic carbocycles. The molecule has 1 amide bonds. The van der Waals surface area contributed by atoms with Gasteiger partial charge in [-0.15, -0.1) is 0 Å². The lowest BCUT2D eigenvalue weighted by Crippen LogP contribution is -2.34. The van der Waals surface area contributed by atoms with Crippen LogP contribution in [0.3, 0.4) is 0 Å². The van der Waals surface area contributed by atoms with Crippen molar-refractivity contribution in [2.75, 3.05) is 0 Å². The van der Waals surface area contributed by atoms with Gasteiger partial charge in [0, 0.05) is 18.3 Å². The number of hydrogen-bond acceptors (Lipinski definition) is 3. The smallest absolute Gasteiger partial charge is 0.335 e. The average Bonchev–Trinajstić information content (AvgIpc) is 3.23. The summed E-state index contributed by atoms with van der Waals surface area (Å²) in [4.78, 5) is 26.2. The highest BCUT2D eigenvalue weighted by atomic mass is 19.2. The summed E-state index contributed by atoms with van der Waals surface area (Å²) in [5, 5.41) is 13.6. The van der Waals surface area contributed by atoms with Crippen molar-refractivity contribution < 1.29 is 23.5 Å². The Morgan fingerprint density at radius 1 is 1.06 bits per heavy atom. The van der Waals surface area contributed by atoms with Crippen LogP contribution < -0.4 is 0 Å². The molecule has 0 aliphatic rings. The Balaban J connectivity index is 1.76. The van der Waals surface area contributed by atoms with Crippen molar-refractivity contribution in [3.05, 3.63) is 107 Å². The molecule has 0 aliphatic carbocycles. The van der Waals surface area contributed by atoms with Gasteiger partial charge in [0.1, 0.15) is 0 Å². The molecule has 0 spiro atoms. The first-order valence-corrected chi connectivity index (χ1v) is 9.86. The normalized spacial score (nSPS) is 12.0. The van der Waals surface area contributed by atoms with Gasteiger partial charge in [-0.25, -0.2) is 18.1 Å². The minimum atomic E-state index is -1.10. The van der Waals surface area contributed by atoms with Crippen LogP contribution in [0, 0.1) is 11.6 Å². The van der Waals surface area contributed by atoms with E-state index in [1.54, 1.807) is 48.0 Å². The van der Waals surface area contributed by atoms with Gasteiger partial charge in [0.25, 0.3) is 5.91 Å². The van der Waals surface area contributed by atoms with Crippen molar-refractivity contribution in [3.8, 4) is 0 Å². The molecule has 0 radical (unpaired) electrons. The Bertz CT molecular complexity index is 1290. The summed E-state index contributed by atoms with van der Waals surface area (Å²) >= 11 is 0. The lowest BCUT2D eigenvalue weighted by molar-refractivity contribution is 0.0664. The fourth-order valence-corrected chi connectivity index (χ4v) is 3.58. The van der Waals surface area contributed by atoms with E-state index in [1.807, 2.05) is 6.07 Å². The molecule has 162 valence electrons. The molecule has 2 aromatic heterocycles. The summed E-state index contributed by atoms with van der Waals surface area (Å²) in [5.74, 6) is -3.64. The second kappa shape index (κ2) is 8.58. The molecule has 0 saturated heterocycles. The molecule has 4 aromatic rings. The molecule has 1 atom stereocenters. The van der Waals surface area contributed by atoms with Gasteiger partial charge in [-0.2, -0.15) is 5.10 Å². The third-order valence-corrected chi connectivity index (χ3v) is 5.28. The third kappa shape index (κ3) is 4.07. The summed E-state index contributed by atoms with van der Waals surface area (Å²) in [6.07, 6.45) is 1.70. The fourth-order valence-electron chi connectivity index (χ4n) is 3.58. The molecule has 0 fully saturated rings. The van der Waals surface area contributed by atoms with Crippen LogP contribution in [0.2, 0.25) is 0 Å². The lowest BCUT2D eigenvalue weighted by Gasteiger charge is -2.29. The number of carboxylic acids is 1. The maximum atomic E-state index is 14.5. The molecule has 0 aliphatic heterocycles. The Morgan fingerprint density at radius 3 is 2.59 bits per heavy atom. The zero-order valence-corrected chi connectivity index (χ0v) is 17.1. The van der Waals surface area contributed by atoms with E-state index in [2.05, 4.69) is 5.10 Å². The van der Waals surface area contributed by atoms with E-state index in [9.17, 15) is 23.5 Å². The Labute approximate surface area is 182 Å². The van der Waals surface area contributed by atoms with Crippen molar-refractivity contribution in [3.63, 3.8) is 0 Å². The van der Waals surface area contributed by atoms with Crippen LogP contribution in [-0.4, -0.2) is 31.5 Å². The van der Waals surface area contributed by atoms with Gasteiger partial charge in [-0.05, 0) is 48.9 Å². The van der Waals surface area contributed by atoms with E-state index in [-0.39, 0.29) is 23.4 Å². The van der Waals surface area contributed by atoms with Crippen LogP contribution in [0.1, 0.15) is 44.9 Å². The van der Waals surface area contributed by atoms with Crippen molar-refractivity contribution in [2.24, 2.45) is 0 Å². The van der Waals surface area contributed by atoms with Gasteiger partial charge in [0.2, 0.25) is 0 Å². The van der Waals surface area contributed by atoms with Gasteiger partial charge < -0.3 is 10.0 Å². The van der Waals surface area contributed by atoms with Gasteiger partial charge in [0.15, 0.2) is 17.3 Å². The highest BCUT2D eigenvalue weighted by Crippen LogP contribution is 2.28. The van der Waals surface area contributed by atoms with Crippen LogP contribution in [0.4, 0.5) is 8.78 Å². The molecule has 8 heteroatoms. The van der Waals surface area contributed by atoms with E-state index < -0.39 is 29.6 Å². The minimum absolute atomic E-state index is 0.0107. The number of halogens is 2. The van der Waals surface area contributed by atoms with Crippen LogP contribution in [0.25, 0.3) is 5.52 Å². The largest absolute Gasteiger partial charge is 0.478 e. The van der Waals surface area contributed by atoms with Crippen molar-refractivity contribution >= 4 is 17.4 Å². The van der Waals surface area contributed by atoms with Crippen molar-refractivity contribution in [1.29, 1.82) is 0 Å². The number of rotatable bonds is 6. The van der Waals surface area contributed by atoms with Crippen molar-refractivity contribution in [2.45, 2.75) is 19.5 Å². The minimum Gasteiger partial charge on any atom is -0.478 e. The molecule has 4 rings (SSSR count). The quantitative estimate of drug-likeness (QED) is 0.476. The number of aromatic nitrogens is 2. The first-order valence-electron chi connectivity index (χ1n) is 9.86. The lowest BCUT2D eigenvalue weighted by atomic mass is 10.0. The summed E-state index contributed by atoms with van der Waals surface area (Å²) < 4.78 is 30.0. The van der Waals surface area contributed by atoms with Crippen LogP contribution >= 0.6 is 0 Å².